The van der Waals surface area contributed by atoms with Gasteiger partial charge in [0.05, 0.1) is 6.61 Å². The summed E-state index contributed by atoms with van der Waals surface area (Å²) >= 11 is 0. The molecule has 0 spiro atoms. The molecule has 0 bridgehead atoms. The van der Waals surface area contributed by atoms with Crippen LogP contribution in [0.5, 0.6) is 0 Å². The van der Waals surface area contributed by atoms with Crippen LogP contribution in [0.1, 0.15) is 19.8 Å². The highest BCUT2D eigenvalue weighted by Gasteiger charge is 2.05. The molecule has 76 valence electrons. The Kier molecular flexibility index (Phi) is 5.58. The molecule has 0 fully saturated rings. The van der Waals surface area contributed by atoms with Crippen LogP contribution in [0, 0.1) is 10.1 Å². The maximum Gasteiger partial charge on any atom is 0.294 e. The van der Waals surface area contributed by atoms with Crippen molar-refractivity contribution in [2.75, 3.05) is 20.2 Å². The van der Waals surface area contributed by atoms with E-state index in [4.69, 9.17) is 0 Å². The van der Waals surface area contributed by atoms with Gasteiger partial charge in [0.25, 0.3) is 5.09 Å². The average Bonchev–Trinajstić information content (AvgIpc) is 2.10. The first-order valence-electron chi connectivity index (χ1n) is 4.09. The van der Waals surface area contributed by atoms with Gasteiger partial charge >= 0.3 is 0 Å². The van der Waals surface area contributed by atoms with Gasteiger partial charge in [0, 0.05) is 20.0 Å². The van der Waals surface area contributed by atoms with Crippen LogP contribution in [0.2, 0.25) is 0 Å². The van der Waals surface area contributed by atoms with Crippen LogP contribution in [-0.2, 0) is 9.63 Å². The van der Waals surface area contributed by atoms with Gasteiger partial charge in [-0.1, -0.05) is 0 Å². The van der Waals surface area contributed by atoms with Crippen LogP contribution in [0.4, 0.5) is 0 Å². The molecular formula is C7H14N2O4. The van der Waals surface area contributed by atoms with E-state index in [-0.39, 0.29) is 18.9 Å². The molecule has 0 radical (unpaired) electrons. The first kappa shape index (κ1) is 11.7. The van der Waals surface area contributed by atoms with Crippen LogP contribution >= 0.6 is 0 Å². The molecule has 0 aromatic heterocycles. The van der Waals surface area contributed by atoms with Crippen molar-refractivity contribution in [1.29, 1.82) is 0 Å². The fourth-order valence-corrected chi connectivity index (χ4v) is 0.730. The lowest BCUT2D eigenvalue weighted by molar-refractivity contribution is -0.757. The third kappa shape index (κ3) is 5.89. The number of nitrogens with zero attached hydrogens (tertiary/aromatic N) is 2. The smallest absolute Gasteiger partial charge is 0.294 e. The van der Waals surface area contributed by atoms with E-state index in [1.165, 1.54) is 0 Å². The summed E-state index contributed by atoms with van der Waals surface area (Å²) in [5.74, 6) is -0.0190. The summed E-state index contributed by atoms with van der Waals surface area (Å²) in [6.07, 6.45) is 0.669. The molecule has 0 aliphatic rings. The molecule has 13 heavy (non-hydrogen) atoms. The summed E-state index contributed by atoms with van der Waals surface area (Å²) in [6, 6.07) is 0. The molecule has 0 aliphatic heterocycles. The lowest BCUT2D eigenvalue weighted by atomic mass is 10.3. The van der Waals surface area contributed by atoms with E-state index < -0.39 is 5.09 Å². The van der Waals surface area contributed by atoms with Gasteiger partial charge in [0.2, 0.25) is 5.91 Å². The average molecular weight is 190 g/mol. The van der Waals surface area contributed by atoms with Gasteiger partial charge in [0.1, 0.15) is 0 Å². The van der Waals surface area contributed by atoms with Crippen molar-refractivity contribution < 1.29 is 14.7 Å². The van der Waals surface area contributed by atoms with Crippen LogP contribution in [-0.4, -0.2) is 36.1 Å². The van der Waals surface area contributed by atoms with Crippen molar-refractivity contribution >= 4 is 5.91 Å². The SMILES string of the molecule is CCN(C)C(=O)CCCO[N+](=O)[O-]. The summed E-state index contributed by atoms with van der Waals surface area (Å²) in [6.45, 7) is 2.50. The number of rotatable bonds is 6. The fourth-order valence-electron chi connectivity index (χ4n) is 0.730. The molecule has 0 aliphatic carbocycles. The van der Waals surface area contributed by atoms with E-state index in [2.05, 4.69) is 4.84 Å². The van der Waals surface area contributed by atoms with Gasteiger partial charge < -0.3 is 9.74 Å². The van der Waals surface area contributed by atoms with Crippen LogP contribution in [0.3, 0.4) is 0 Å². The second-order valence-corrected chi connectivity index (χ2v) is 2.57. The Labute approximate surface area is 76.6 Å². The highest BCUT2D eigenvalue weighted by atomic mass is 16.9. The van der Waals surface area contributed by atoms with Crippen molar-refractivity contribution in [1.82, 2.24) is 4.90 Å². The zero-order valence-electron chi connectivity index (χ0n) is 7.86. The number of hydrogen-bond acceptors (Lipinski definition) is 4. The molecule has 0 saturated heterocycles. The molecule has 0 atom stereocenters. The molecular weight excluding hydrogens is 176 g/mol. The predicted molar refractivity (Wildman–Crippen MR) is 45.5 cm³/mol. The van der Waals surface area contributed by atoms with E-state index >= 15 is 0 Å². The Morgan fingerprint density at radius 1 is 1.62 bits per heavy atom. The van der Waals surface area contributed by atoms with Crippen LogP contribution in [0.25, 0.3) is 0 Å². The van der Waals surface area contributed by atoms with Gasteiger partial charge in [-0.2, -0.15) is 0 Å². The first-order valence-corrected chi connectivity index (χ1v) is 4.09. The van der Waals surface area contributed by atoms with Crippen LogP contribution < -0.4 is 0 Å². The molecule has 0 N–H and O–H groups in total. The van der Waals surface area contributed by atoms with Crippen molar-refractivity contribution in [3.05, 3.63) is 10.1 Å². The van der Waals surface area contributed by atoms with Gasteiger partial charge in [-0.05, 0) is 13.3 Å². The van der Waals surface area contributed by atoms with Crippen LogP contribution in [0.15, 0.2) is 0 Å². The fraction of sp³-hybridized carbons (Fsp3) is 0.857. The second-order valence-electron chi connectivity index (χ2n) is 2.57. The predicted octanol–water partition coefficient (Wildman–Crippen LogP) is 0.453. The summed E-state index contributed by atoms with van der Waals surface area (Å²) < 4.78 is 0. The lowest BCUT2D eigenvalue weighted by Gasteiger charge is -2.13. The van der Waals surface area contributed by atoms with Crippen molar-refractivity contribution in [3.8, 4) is 0 Å². The molecule has 1 amide bonds. The number of carbonyl (C=O) groups excluding carboxylic acids is 1. The normalized spacial score (nSPS) is 9.38. The lowest BCUT2D eigenvalue weighted by Crippen LogP contribution is -2.26. The Morgan fingerprint density at radius 2 is 2.23 bits per heavy atom. The summed E-state index contributed by atoms with van der Waals surface area (Å²) in [7, 11) is 1.69. The Morgan fingerprint density at radius 3 is 2.69 bits per heavy atom. The monoisotopic (exact) mass is 190 g/mol. The third-order valence-corrected chi connectivity index (χ3v) is 1.63. The van der Waals surface area contributed by atoms with Crippen molar-refractivity contribution in [3.63, 3.8) is 0 Å². The van der Waals surface area contributed by atoms with Gasteiger partial charge in [-0.15, -0.1) is 10.1 Å². The standard InChI is InChI=1S/C7H14N2O4/c1-3-8(2)7(10)5-4-6-13-9(11)12/h3-6H2,1-2H3. The van der Waals surface area contributed by atoms with Gasteiger partial charge in [0.15, 0.2) is 0 Å². The molecule has 0 unspecified atom stereocenters. The molecule has 0 saturated carbocycles. The quantitative estimate of drug-likeness (QED) is 0.346. The molecule has 0 heterocycles. The van der Waals surface area contributed by atoms with E-state index in [9.17, 15) is 14.9 Å². The number of carbonyl (C=O) groups is 1. The molecule has 0 rings (SSSR count). The minimum absolute atomic E-state index is 0.0176. The minimum atomic E-state index is -0.853. The Bertz CT molecular complexity index is 183. The zero-order chi connectivity index (χ0) is 10.3. The molecule has 6 heteroatoms. The molecule has 6 nitrogen and oxygen atoms in total. The highest BCUT2D eigenvalue weighted by Crippen LogP contribution is 1.95. The highest BCUT2D eigenvalue weighted by molar-refractivity contribution is 5.75. The van der Waals surface area contributed by atoms with E-state index in [0.29, 0.717) is 13.0 Å². The topological polar surface area (TPSA) is 72.7 Å². The zero-order valence-corrected chi connectivity index (χ0v) is 7.86. The maximum absolute atomic E-state index is 11.1. The largest absolute Gasteiger partial charge is 0.346 e. The van der Waals surface area contributed by atoms with E-state index in [0.717, 1.165) is 0 Å². The number of amides is 1. The second kappa shape index (κ2) is 6.22. The Hall–Kier alpha value is -1.33. The molecule has 0 aromatic rings. The van der Waals surface area contributed by atoms with Crippen molar-refractivity contribution in [2.45, 2.75) is 19.8 Å². The Balaban J connectivity index is 3.42. The summed E-state index contributed by atoms with van der Waals surface area (Å²) in [5.41, 5.74) is 0. The summed E-state index contributed by atoms with van der Waals surface area (Å²) in [4.78, 5) is 26.5. The van der Waals surface area contributed by atoms with Gasteiger partial charge in [-0.25, -0.2) is 0 Å². The third-order valence-electron chi connectivity index (χ3n) is 1.63. The minimum Gasteiger partial charge on any atom is -0.346 e. The summed E-state index contributed by atoms with van der Waals surface area (Å²) in [5, 5.41) is 8.87. The maximum atomic E-state index is 11.1. The van der Waals surface area contributed by atoms with E-state index in [1.807, 2.05) is 6.92 Å². The van der Waals surface area contributed by atoms with E-state index in [1.54, 1.807) is 11.9 Å². The molecule has 0 aromatic carbocycles. The van der Waals surface area contributed by atoms with Gasteiger partial charge in [-0.3, -0.25) is 4.79 Å². The van der Waals surface area contributed by atoms with Crippen molar-refractivity contribution in [2.24, 2.45) is 0 Å². The first-order chi connectivity index (χ1) is 6.07. The number of hydrogen-bond donors (Lipinski definition) is 0.